The fourth-order valence-corrected chi connectivity index (χ4v) is 4.43. The Kier molecular flexibility index (Phi) is 6.82. The number of pyridine rings is 2. The molecule has 5 heterocycles. The second-order valence-electron chi connectivity index (χ2n) is 9.08. The lowest BCUT2D eigenvalue weighted by Gasteiger charge is -2.20. The summed E-state index contributed by atoms with van der Waals surface area (Å²) in [7, 11) is 3.37. The number of fused-ring (bicyclic) bond motifs is 1. The van der Waals surface area contributed by atoms with E-state index in [1.54, 1.807) is 36.4 Å². The zero-order valence-electron chi connectivity index (χ0n) is 21.3. The van der Waals surface area contributed by atoms with E-state index in [-0.39, 0.29) is 5.91 Å². The number of rotatable bonds is 8. The van der Waals surface area contributed by atoms with E-state index in [0.29, 0.717) is 47.3 Å². The van der Waals surface area contributed by atoms with E-state index in [0.717, 1.165) is 36.2 Å². The van der Waals surface area contributed by atoms with Crippen LogP contribution < -0.4 is 20.7 Å². The largest absolute Gasteiger partial charge is 0.480 e. The Bertz CT molecular complexity index is 1440. The molecule has 12 heteroatoms. The third kappa shape index (κ3) is 5.28. The second kappa shape index (κ2) is 10.3. The van der Waals surface area contributed by atoms with Crippen molar-refractivity contribution in [3.05, 3.63) is 42.5 Å². The number of anilines is 5. The van der Waals surface area contributed by atoms with E-state index in [1.165, 1.54) is 0 Å². The van der Waals surface area contributed by atoms with Gasteiger partial charge in [0.1, 0.15) is 5.69 Å². The Hall–Kier alpha value is -4.32. The Morgan fingerprint density at radius 3 is 2.84 bits per heavy atom. The number of aromatic nitrogens is 6. The molecule has 0 unspecified atom stereocenters. The van der Waals surface area contributed by atoms with Gasteiger partial charge in [0.25, 0.3) is 0 Å². The molecule has 0 aromatic carbocycles. The first kappa shape index (κ1) is 24.4. The highest BCUT2D eigenvalue weighted by Gasteiger charge is 2.22. The molecule has 1 fully saturated rings. The average molecular weight is 503 g/mol. The molecular weight excluding hydrogens is 472 g/mol. The summed E-state index contributed by atoms with van der Waals surface area (Å²) >= 11 is 0. The molecule has 192 valence electrons. The summed E-state index contributed by atoms with van der Waals surface area (Å²) in [5, 5.41) is 14.8. The van der Waals surface area contributed by atoms with Gasteiger partial charge in [-0.25, -0.2) is 14.6 Å². The molecule has 3 N–H and O–H groups in total. The van der Waals surface area contributed by atoms with Crippen molar-refractivity contribution >= 4 is 45.8 Å². The highest BCUT2D eigenvalue weighted by atomic mass is 16.5. The molecule has 1 aliphatic heterocycles. The molecule has 0 aliphatic carbocycles. The topological polar surface area (TPSA) is 135 Å². The number of carbonyl (C=O) groups excluding carboxylic acids is 1. The van der Waals surface area contributed by atoms with Crippen LogP contribution in [-0.2, 0) is 11.8 Å². The van der Waals surface area contributed by atoms with E-state index in [2.05, 4.69) is 52.8 Å². The third-order valence-corrected chi connectivity index (χ3v) is 6.45. The van der Waals surface area contributed by atoms with Gasteiger partial charge >= 0.3 is 0 Å². The number of ether oxygens (including phenoxy) is 1. The predicted octanol–water partition coefficient (Wildman–Crippen LogP) is 3.38. The molecule has 37 heavy (non-hydrogen) atoms. The molecule has 0 bridgehead atoms. The molecule has 5 rings (SSSR count). The minimum atomic E-state index is -0.0488. The number of hydrogen-bond donors (Lipinski definition) is 3. The van der Waals surface area contributed by atoms with Crippen molar-refractivity contribution in [3.8, 4) is 5.88 Å². The van der Waals surface area contributed by atoms with Gasteiger partial charge in [0, 0.05) is 25.5 Å². The van der Waals surface area contributed by atoms with Gasteiger partial charge < -0.3 is 20.7 Å². The number of aryl methyl sites for hydroxylation is 2. The maximum atomic E-state index is 12.6. The maximum Gasteiger partial charge on any atom is 0.238 e. The molecule has 0 spiro atoms. The molecule has 12 nitrogen and oxygen atoms in total. The molecule has 4 aromatic heterocycles. The van der Waals surface area contributed by atoms with Crippen LogP contribution in [0.4, 0.5) is 28.8 Å². The minimum Gasteiger partial charge on any atom is -0.480 e. The van der Waals surface area contributed by atoms with Gasteiger partial charge in [-0.3, -0.25) is 14.7 Å². The summed E-state index contributed by atoms with van der Waals surface area (Å²) in [5.74, 6) is 1.38. The van der Waals surface area contributed by atoms with E-state index < -0.39 is 0 Å². The Morgan fingerprint density at radius 2 is 2.05 bits per heavy atom. The predicted molar refractivity (Wildman–Crippen MR) is 142 cm³/mol. The van der Waals surface area contributed by atoms with E-state index in [1.807, 2.05) is 26.1 Å². The fraction of sp³-hybridized carbons (Fsp3) is 0.360. The number of carbonyl (C=O) groups is 1. The van der Waals surface area contributed by atoms with E-state index >= 15 is 0 Å². The van der Waals surface area contributed by atoms with Crippen molar-refractivity contribution in [3.63, 3.8) is 0 Å². The Labute approximate surface area is 214 Å². The molecule has 1 saturated heterocycles. The third-order valence-electron chi connectivity index (χ3n) is 6.45. The first-order valence-electron chi connectivity index (χ1n) is 12.1. The number of amides is 1. The number of nitrogens with one attached hydrogen (secondary N) is 3. The molecule has 0 saturated carbocycles. The van der Waals surface area contributed by atoms with Gasteiger partial charge in [0.05, 0.1) is 42.3 Å². The van der Waals surface area contributed by atoms with Crippen molar-refractivity contribution in [2.24, 2.45) is 7.05 Å². The lowest BCUT2D eigenvalue weighted by molar-refractivity contribution is -0.117. The molecule has 0 radical (unpaired) electrons. The summed E-state index contributed by atoms with van der Waals surface area (Å²) in [6.07, 6.45) is 7.28. The van der Waals surface area contributed by atoms with Gasteiger partial charge in [-0.2, -0.15) is 10.1 Å². The number of nitrogens with zero attached hydrogens (tertiary/aromatic N) is 7. The number of hydrogen-bond acceptors (Lipinski definition) is 10. The SMILES string of the molecule is COc1ncccc1Nc1ncc2c(Nc3cc(NC(=O)CN4CCC[C@@H]4C)cnc3C)nn(C)c2n1. The number of likely N-dealkylation sites (tertiary alicyclic amines) is 1. The van der Waals surface area contributed by atoms with E-state index in [9.17, 15) is 4.79 Å². The first-order chi connectivity index (χ1) is 17.9. The van der Waals surface area contributed by atoms with Crippen LogP contribution in [0.15, 0.2) is 36.8 Å². The zero-order chi connectivity index (χ0) is 25.9. The van der Waals surface area contributed by atoms with Crippen molar-refractivity contribution in [1.82, 2.24) is 34.6 Å². The lowest BCUT2D eigenvalue weighted by Crippen LogP contribution is -2.35. The quantitative estimate of drug-likeness (QED) is 0.329. The second-order valence-corrected chi connectivity index (χ2v) is 9.08. The van der Waals surface area contributed by atoms with Crippen LogP contribution >= 0.6 is 0 Å². The van der Waals surface area contributed by atoms with Crippen LogP contribution in [0.3, 0.4) is 0 Å². The highest BCUT2D eigenvalue weighted by molar-refractivity contribution is 5.93. The van der Waals surface area contributed by atoms with Crippen molar-refractivity contribution in [2.75, 3.05) is 36.1 Å². The number of methoxy groups -OCH3 is 1. The van der Waals surface area contributed by atoms with Crippen LogP contribution in [0, 0.1) is 6.92 Å². The Morgan fingerprint density at radius 1 is 1.19 bits per heavy atom. The smallest absolute Gasteiger partial charge is 0.238 e. The van der Waals surface area contributed by atoms with Gasteiger partial charge in [-0.15, -0.1) is 0 Å². The Balaban J connectivity index is 1.34. The zero-order valence-corrected chi connectivity index (χ0v) is 21.3. The van der Waals surface area contributed by atoms with Crippen molar-refractivity contribution in [2.45, 2.75) is 32.7 Å². The summed E-state index contributed by atoms with van der Waals surface area (Å²) in [4.78, 5) is 32.5. The summed E-state index contributed by atoms with van der Waals surface area (Å²) < 4.78 is 6.97. The van der Waals surface area contributed by atoms with Gasteiger partial charge in [-0.1, -0.05) is 0 Å². The van der Waals surface area contributed by atoms with Gasteiger partial charge in [-0.05, 0) is 51.4 Å². The van der Waals surface area contributed by atoms with Crippen molar-refractivity contribution in [1.29, 1.82) is 0 Å². The maximum absolute atomic E-state index is 12.6. The van der Waals surface area contributed by atoms with Crippen LogP contribution in [0.5, 0.6) is 5.88 Å². The minimum absolute atomic E-state index is 0.0488. The molecule has 1 amide bonds. The molecular formula is C25H30N10O2. The highest BCUT2D eigenvalue weighted by Crippen LogP contribution is 2.29. The summed E-state index contributed by atoms with van der Waals surface area (Å²) in [5.41, 5.74) is 3.42. The van der Waals surface area contributed by atoms with Gasteiger partial charge in [0.15, 0.2) is 11.5 Å². The average Bonchev–Trinajstić information content (AvgIpc) is 3.43. The molecule has 1 atom stereocenters. The van der Waals surface area contributed by atoms with E-state index in [4.69, 9.17) is 4.74 Å². The first-order valence-corrected chi connectivity index (χ1v) is 12.1. The van der Waals surface area contributed by atoms with Gasteiger partial charge in [0.2, 0.25) is 17.7 Å². The standard InChI is InChI=1S/C25H30N10O2/c1-15-7-6-10-35(15)14-21(36)29-17-11-20(16(2)27-12-17)30-22-18-13-28-25(32-23(18)34(3)33-22)31-19-8-5-9-26-24(19)37-4/h5,8-9,11-13,15H,6-7,10,14H2,1-4H3,(H,29,36)(H,30,33)(H,28,31,32)/t15-/m0/s1. The molecule has 1 aliphatic rings. The van der Waals surface area contributed by atoms with Crippen LogP contribution in [0.2, 0.25) is 0 Å². The van der Waals surface area contributed by atoms with Crippen molar-refractivity contribution < 1.29 is 9.53 Å². The monoisotopic (exact) mass is 502 g/mol. The lowest BCUT2D eigenvalue weighted by atomic mass is 10.2. The fourth-order valence-electron chi connectivity index (χ4n) is 4.43. The normalized spacial score (nSPS) is 15.6. The molecule has 4 aromatic rings. The van der Waals surface area contributed by atoms with Crippen LogP contribution in [0.1, 0.15) is 25.5 Å². The summed E-state index contributed by atoms with van der Waals surface area (Å²) in [6, 6.07) is 5.93. The van der Waals surface area contributed by atoms with Crippen LogP contribution in [0.25, 0.3) is 11.0 Å². The van der Waals surface area contributed by atoms with Crippen LogP contribution in [-0.4, -0.2) is 66.8 Å². The summed E-state index contributed by atoms with van der Waals surface area (Å²) in [6.45, 7) is 5.38.